The van der Waals surface area contributed by atoms with E-state index < -0.39 is 14.2 Å². The minimum atomic E-state index is -1.92. The van der Waals surface area contributed by atoms with Gasteiger partial charge < -0.3 is 10.2 Å². The average Bonchev–Trinajstić information content (AvgIpc) is 2.25. The van der Waals surface area contributed by atoms with Gasteiger partial charge in [0, 0.05) is 9.50 Å². The van der Waals surface area contributed by atoms with Crippen molar-refractivity contribution in [2.24, 2.45) is 5.73 Å². The summed E-state index contributed by atoms with van der Waals surface area (Å²) in [7, 11) is -1.92. The maximum Gasteiger partial charge on any atom is 0.249 e. The van der Waals surface area contributed by atoms with Crippen molar-refractivity contribution in [1.29, 1.82) is 0 Å². The molecule has 0 spiro atoms. The van der Waals surface area contributed by atoms with Gasteiger partial charge in [0.1, 0.15) is 0 Å². The van der Waals surface area contributed by atoms with Crippen molar-refractivity contribution in [1.82, 2.24) is 0 Å². The van der Waals surface area contributed by atoms with Crippen LogP contribution in [0.2, 0.25) is 23.2 Å². The quantitative estimate of drug-likeness (QED) is 0.708. The second-order valence-electron chi connectivity index (χ2n) is 6.74. The van der Waals surface area contributed by atoms with E-state index in [0.717, 1.165) is 5.56 Å². The molecule has 1 rings (SSSR count). The highest BCUT2D eigenvalue weighted by atomic mass is 79.9. The van der Waals surface area contributed by atoms with Gasteiger partial charge in [-0.25, -0.2) is 0 Å². The van der Waals surface area contributed by atoms with Crippen LogP contribution in [0.15, 0.2) is 16.6 Å². The molecule has 1 aromatic rings. The van der Waals surface area contributed by atoms with Crippen molar-refractivity contribution in [3.63, 3.8) is 0 Å². The highest BCUT2D eigenvalue weighted by Crippen LogP contribution is 2.41. The Bertz CT molecular complexity index is 555. The van der Waals surface area contributed by atoms with E-state index in [1.54, 1.807) is 12.1 Å². The third kappa shape index (κ3) is 4.31. The van der Waals surface area contributed by atoms with Crippen LogP contribution < -0.4 is 5.73 Å². The Hall–Kier alpha value is -0.363. The standard InChI is InChI=1S/C15H23BrClNO2Si/c1-9(20-21(5,6)15(2,3)4)10-7-11(14(18)19)12(16)8-13(10)17/h7-9H,1-6H3,(H2,18,19). The van der Waals surface area contributed by atoms with Gasteiger partial charge in [-0.1, -0.05) is 32.4 Å². The number of carbonyl (C=O) groups is 1. The minimum Gasteiger partial charge on any atom is -0.410 e. The maximum atomic E-state index is 11.5. The molecule has 3 nitrogen and oxygen atoms in total. The van der Waals surface area contributed by atoms with E-state index in [0.29, 0.717) is 15.1 Å². The SMILES string of the molecule is CC(O[Si](C)(C)C(C)(C)C)c1cc(C(N)=O)c(Br)cc1Cl. The topological polar surface area (TPSA) is 52.3 Å². The van der Waals surface area contributed by atoms with Crippen molar-refractivity contribution < 1.29 is 9.22 Å². The Kier molecular flexibility index (Phi) is 5.70. The number of nitrogens with two attached hydrogens (primary N) is 1. The van der Waals surface area contributed by atoms with Crippen LogP contribution in [-0.2, 0) is 4.43 Å². The summed E-state index contributed by atoms with van der Waals surface area (Å²) in [5.74, 6) is -0.487. The first-order valence-corrected chi connectivity index (χ1v) is 10.9. The van der Waals surface area contributed by atoms with Crippen LogP contribution in [0, 0.1) is 0 Å². The van der Waals surface area contributed by atoms with Crippen molar-refractivity contribution in [2.45, 2.75) is 51.9 Å². The summed E-state index contributed by atoms with van der Waals surface area (Å²) in [6, 6.07) is 3.41. The van der Waals surface area contributed by atoms with Crippen molar-refractivity contribution >= 4 is 41.8 Å². The summed E-state index contributed by atoms with van der Waals surface area (Å²) in [6.45, 7) is 12.9. The van der Waals surface area contributed by atoms with E-state index in [9.17, 15) is 4.79 Å². The Morgan fingerprint density at radius 2 is 1.90 bits per heavy atom. The van der Waals surface area contributed by atoms with Crippen molar-refractivity contribution in [2.75, 3.05) is 0 Å². The van der Waals surface area contributed by atoms with Crippen LogP contribution >= 0.6 is 27.5 Å². The number of amides is 1. The fourth-order valence-corrected chi connectivity index (χ4v) is 4.10. The molecule has 0 aliphatic heterocycles. The molecule has 118 valence electrons. The molecular weight excluding hydrogens is 370 g/mol. The lowest BCUT2D eigenvalue weighted by Gasteiger charge is -2.38. The van der Waals surface area contributed by atoms with E-state index in [2.05, 4.69) is 49.8 Å². The monoisotopic (exact) mass is 391 g/mol. The lowest BCUT2D eigenvalue weighted by atomic mass is 10.1. The molecule has 21 heavy (non-hydrogen) atoms. The molecule has 0 aliphatic carbocycles. The Morgan fingerprint density at radius 3 is 2.33 bits per heavy atom. The van der Waals surface area contributed by atoms with Crippen molar-refractivity contribution in [3.05, 3.63) is 32.8 Å². The average molecular weight is 393 g/mol. The zero-order chi connectivity index (χ0) is 16.6. The zero-order valence-corrected chi connectivity index (χ0v) is 16.7. The lowest BCUT2D eigenvalue weighted by Crippen LogP contribution is -2.41. The molecule has 0 fully saturated rings. The molecule has 6 heteroatoms. The molecule has 0 aromatic heterocycles. The molecule has 1 aromatic carbocycles. The molecular formula is C15H23BrClNO2Si. The highest BCUT2D eigenvalue weighted by Gasteiger charge is 2.39. The molecule has 1 unspecified atom stereocenters. The zero-order valence-electron chi connectivity index (χ0n) is 13.4. The minimum absolute atomic E-state index is 0.107. The molecule has 0 radical (unpaired) electrons. The fourth-order valence-electron chi connectivity index (χ4n) is 1.75. The van der Waals surface area contributed by atoms with E-state index in [-0.39, 0.29) is 11.1 Å². The molecule has 0 bridgehead atoms. The molecule has 0 aliphatic rings. The molecule has 1 amide bonds. The number of rotatable bonds is 4. The second kappa shape index (κ2) is 6.40. The van der Waals surface area contributed by atoms with Gasteiger partial charge in [0.15, 0.2) is 8.32 Å². The van der Waals surface area contributed by atoms with E-state index in [4.69, 9.17) is 21.8 Å². The summed E-state index contributed by atoms with van der Waals surface area (Å²) < 4.78 is 6.93. The van der Waals surface area contributed by atoms with Crippen molar-refractivity contribution in [3.8, 4) is 0 Å². The number of benzene rings is 1. The molecule has 0 saturated heterocycles. The van der Waals surface area contributed by atoms with E-state index in [1.165, 1.54) is 0 Å². The summed E-state index contributed by atoms with van der Waals surface area (Å²) in [5, 5.41) is 0.674. The van der Waals surface area contributed by atoms with Crippen LogP contribution in [0.3, 0.4) is 0 Å². The van der Waals surface area contributed by atoms with Gasteiger partial charge >= 0.3 is 0 Å². The number of hydrogen-bond donors (Lipinski definition) is 1. The van der Waals surface area contributed by atoms with Gasteiger partial charge in [-0.3, -0.25) is 4.79 Å². The smallest absolute Gasteiger partial charge is 0.249 e. The Labute approximate surface area is 141 Å². The van der Waals surface area contributed by atoms with Gasteiger partial charge in [-0.05, 0) is 58.7 Å². The van der Waals surface area contributed by atoms with Crippen LogP contribution in [0.4, 0.5) is 0 Å². The highest BCUT2D eigenvalue weighted by molar-refractivity contribution is 9.10. The first kappa shape index (κ1) is 18.7. The lowest BCUT2D eigenvalue weighted by molar-refractivity contribution is 0.0999. The Morgan fingerprint density at radius 1 is 1.38 bits per heavy atom. The van der Waals surface area contributed by atoms with Gasteiger partial charge in [0.25, 0.3) is 0 Å². The molecule has 0 saturated carbocycles. The molecule has 0 heterocycles. The van der Waals surface area contributed by atoms with Crippen LogP contribution in [0.25, 0.3) is 0 Å². The van der Waals surface area contributed by atoms with Crippen LogP contribution in [0.5, 0.6) is 0 Å². The summed E-state index contributed by atoms with van der Waals surface area (Å²) in [6.07, 6.45) is -0.190. The first-order chi connectivity index (χ1) is 9.36. The summed E-state index contributed by atoms with van der Waals surface area (Å²) in [5.41, 5.74) is 6.59. The molecule has 1 atom stereocenters. The number of carbonyl (C=O) groups excluding carboxylic acids is 1. The van der Waals surface area contributed by atoms with E-state index in [1.807, 2.05) is 6.92 Å². The van der Waals surface area contributed by atoms with Gasteiger partial charge in [-0.15, -0.1) is 0 Å². The fraction of sp³-hybridized carbons (Fsp3) is 0.533. The van der Waals surface area contributed by atoms with E-state index >= 15 is 0 Å². The number of primary amides is 1. The number of halogens is 2. The summed E-state index contributed by atoms with van der Waals surface area (Å²) >= 11 is 9.60. The third-order valence-electron chi connectivity index (χ3n) is 4.07. The second-order valence-corrected chi connectivity index (χ2v) is 12.8. The van der Waals surface area contributed by atoms with Gasteiger partial charge in [-0.2, -0.15) is 0 Å². The normalized spacial score (nSPS) is 14.1. The summed E-state index contributed by atoms with van der Waals surface area (Å²) in [4.78, 5) is 11.5. The predicted molar refractivity (Wildman–Crippen MR) is 94.4 cm³/mol. The largest absolute Gasteiger partial charge is 0.410 e. The van der Waals surface area contributed by atoms with Crippen LogP contribution in [-0.4, -0.2) is 14.2 Å². The molecule has 2 N–H and O–H groups in total. The first-order valence-electron chi connectivity index (χ1n) is 6.83. The Balaban J connectivity index is 3.17. The van der Waals surface area contributed by atoms with Gasteiger partial charge in [0.2, 0.25) is 5.91 Å². The predicted octanol–water partition coefficient (Wildman–Crippen LogP) is 5.28. The van der Waals surface area contributed by atoms with Crippen LogP contribution in [0.1, 0.15) is 49.7 Å². The maximum absolute atomic E-state index is 11.5. The third-order valence-corrected chi connectivity index (χ3v) is 9.61. The van der Waals surface area contributed by atoms with Gasteiger partial charge in [0.05, 0.1) is 11.7 Å². The number of hydrogen-bond acceptors (Lipinski definition) is 2.